The summed E-state index contributed by atoms with van der Waals surface area (Å²) in [7, 11) is -2.76. The molecule has 0 saturated carbocycles. The number of aromatic nitrogens is 1. The number of methoxy groups -OCH3 is 1. The summed E-state index contributed by atoms with van der Waals surface area (Å²) >= 11 is 3.27. The number of nitrogens with one attached hydrogen (secondary N) is 3. The number of benzene rings is 3. The van der Waals surface area contributed by atoms with Crippen LogP contribution in [0.5, 0.6) is 5.75 Å². The number of aromatic amines is 1. The number of halogens is 2. The number of amides is 1. The zero-order chi connectivity index (χ0) is 22.9. The van der Waals surface area contributed by atoms with Gasteiger partial charge in [0.15, 0.2) is 0 Å². The summed E-state index contributed by atoms with van der Waals surface area (Å²) in [4.78, 5) is 15.8. The third kappa shape index (κ3) is 4.32. The first-order valence-electron chi connectivity index (χ1n) is 9.32. The molecule has 0 radical (unpaired) electrons. The SMILES string of the molecule is COc1ccc(Br)cc1S(=O)(=O)Nc1c(C(=O)Nc2ccc(F)cc2)[nH]c2ccccc12. The highest BCUT2D eigenvalue weighted by atomic mass is 79.9. The predicted molar refractivity (Wildman–Crippen MR) is 124 cm³/mol. The molecular weight excluding hydrogens is 501 g/mol. The second-order valence-electron chi connectivity index (χ2n) is 6.78. The first-order valence-corrected chi connectivity index (χ1v) is 11.6. The van der Waals surface area contributed by atoms with Crippen molar-refractivity contribution in [3.8, 4) is 5.75 Å². The molecular formula is C22H17BrFN3O4S. The number of hydrogen-bond acceptors (Lipinski definition) is 4. The van der Waals surface area contributed by atoms with E-state index < -0.39 is 21.7 Å². The number of rotatable bonds is 6. The monoisotopic (exact) mass is 517 g/mol. The quantitative estimate of drug-likeness (QED) is 0.330. The van der Waals surface area contributed by atoms with Gasteiger partial charge < -0.3 is 15.0 Å². The molecule has 0 aliphatic rings. The lowest BCUT2D eigenvalue weighted by Crippen LogP contribution is -2.19. The highest BCUT2D eigenvalue weighted by molar-refractivity contribution is 9.10. The van der Waals surface area contributed by atoms with Crippen LogP contribution in [0.3, 0.4) is 0 Å². The Labute approximate surface area is 191 Å². The molecule has 0 unspecified atom stereocenters. The summed E-state index contributed by atoms with van der Waals surface area (Å²) in [6, 6.07) is 16.7. The molecule has 3 N–H and O–H groups in total. The van der Waals surface area contributed by atoms with E-state index in [-0.39, 0.29) is 22.0 Å². The summed E-state index contributed by atoms with van der Waals surface area (Å²) in [5.74, 6) is -0.880. The standard InChI is InChI=1S/C22H17BrFN3O4S/c1-31-18-11-6-13(23)12-19(18)32(29,30)27-20-16-4-2-3-5-17(16)26-21(20)22(28)25-15-9-7-14(24)8-10-15/h2-12,26-27H,1H3,(H,25,28). The number of hydrogen-bond donors (Lipinski definition) is 3. The number of H-pyrrole nitrogens is 1. The lowest BCUT2D eigenvalue weighted by molar-refractivity contribution is 0.102. The van der Waals surface area contributed by atoms with Gasteiger partial charge in [-0.15, -0.1) is 0 Å². The lowest BCUT2D eigenvalue weighted by Gasteiger charge is -2.13. The van der Waals surface area contributed by atoms with Crippen molar-refractivity contribution in [3.05, 3.63) is 82.7 Å². The van der Waals surface area contributed by atoms with E-state index in [9.17, 15) is 17.6 Å². The van der Waals surface area contributed by atoms with E-state index in [0.29, 0.717) is 21.1 Å². The Bertz CT molecular complexity index is 1420. The molecule has 0 aliphatic carbocycles. The van der Waals surface area contributed by atoms with Crippen molar-refractivity contribution < 1.29 is 22.3 Å². The van der Waals surface area contributed by atoms with Crippen LogP contribution in [0.1, 0.15) is 10.5 Å². The largest absolute Gasteiger partial charge is 0.495 e. The lowest BCUT2D eigenvalue weighted by atomic mass is 10.2. The first-order chi connectivity index (χ1) is 15.3. The number of ether oxygens (including phenoxy) is 1. The molecule has 1 heterocycles. The van der Waals surface area contributed by atoms with E-state index in [1.807, 2.05) is 0 Å². The zero-order valence-electron chi connectivity index (χ0n) is 16.6. The van der Waals surface area contributed by atoms with Gasteiger partial charge in [-0.1, -0.05) is 34.1 Å². The molecule has 10 heteroatoms. The number of anilines is 2. The summed E-state index contributed by atoms with van der Waals surface area (Å²) in [5.41, 5.74) is 1.02. The molecule has 0 bridgehead atoms. The maximum Gasteiger partial charge on any atom is 0.274 e. The normalized spacial score (nSPS) is 11.3. The van der Waals surface area contributed by atoms with Crippen LogP contribution in [0.25, 0.3) is 10.9 Å². The zero-order valence-corrected chi connectivity index (χ0v) is 19.1. The summed E-state index contributed by atoms with van der Waals surface area (Å²) in [5, 5.41) is 3.15. The fourth-order valence-corrected chi connectivity index (χ4v) is 5.00. The minimum atomic E-state index is -4.13. The second-order valence-corrected chi connectivity index (χ2v) is 9.35. The van der Waals surface area contributed by atoms with Gasteiger partial charge in [-0.2, -0.15) is 0 Å². The van der Waals surface area contributed by atoms with E-state index in [1.54, 1.807) is 30.3 Å². The molecule has 0 aliphatic heterocycles. The van der Waals surface area contributed by atoms with Gasteiger partial charge in [0.25, 0.3) is 15.9 Å². The first kappa shape index (κ1) is 21.8. The van der Waals surface area contributed by atoms with Crippen LogP contribution in [-0.4, -0.2) is 26.4 Å². The van der Waals surface area contributed by atoms with Crippen LogP contribution in [-0.2, 0) is 10.0 Å². The van der Waals surface area contributed by atoms with Crippen LogP contribution < -0.4 is 14.8 Å². The van der Waals surface area contributed by atoms with Gasteiger partial charge in [0, 0.05) is 21.1 Å². The van der Waals surface area contributed by atoms with Crippen molar-refractivity contribution in [2.75, 3.05) is 17.1 Å². The molecule has 0 saturated heterocycles. The fraction of sp³-hybridized carbons (Fsp3) is 0.0455. The Morgan fingerprint density at radius 3 is 2.50 bits per heavy atom. The van der Waals surface area contributed by atoms with Crippen molar-refractivity contribution in [1.82, 2.24) is 4.98 Å². The third-order valence-corrected chi connectivity index (χ3v) is 6.55. The third-order valence-electron chi connectivity index (χ3n) is 4.69. The fourth-order valence-electron chi connectivity index (χ4n) is 3.19. The molecule has 4 aromatic rings. The molecule has 1 amide bonds. The number of carbonyl (C=O) groups is 1. The van der Waals surface area contributed by atoms with Crippen LogP contribution in [0.2, 0.25) is 0 Å². The van der Waals surface area contributed by atoms with Crippen LogP contribution in [0, 0.1) is 5.82 Å². The summed E-state index contributed by atoms with van der Waals surface area (Å²) in [6.45, 7) is 0. The average molecular weight is 518 g/mol. The molecule has 0 atom stereocenters. The summed E-state index contributed by atoms with van der Waals surface area (Å²) in [6.07, 6.45) is 0. The number of para-hydroxylation sites is 1. The Balaban J connectivity index is 1.77. The van der Waals surface area contributed by atoms with Gasteiger partial charge >= 0.3 is 0 Å². The molecule has 0 spiro atoms. The molecule has 1 aromatic heterocycles. The van der Waals surface area contributed by atoms with Gasteiger partial charge in [0.1, 0.15) is 22.2 Å². The Kier molecular flexibility index (Phi) is 5.90. The van der Waals surface area contributed by atoms with E-state index in [2.05, 4.69) is 31.0 Å². The molecule has 4 rings (SSSR count). The average Bonchev–Trinajstić information content (AvgIpc) is 3.13. The van der Waals surface area contributed by atoms with E-state index >= 15 is 0 Å². The van der Waals surface area contributed by atoms with Gasteiger partial charge in [0.05, 0.1) is 12.8 Å². The number of sulfonamides is 1. The second kappa shape index (κ2) is 8.64. The van der Waals surface area contributed by atoms with Crippen molar-refractivity contribution in [2.24, 2.45) is 0 Å². The van der Waals surface area contributed by atoms with E-state index in [4.69, 9.17) is 4.74 Å². The maximum atomic E-state index is 13.2. The molecule has 32 heavy (non-hydrogen) atoms. The Morgan fingerprint density at radius 1 is 1.06 bits per heavy atom. The van der Waals surface area contributed by atoms with E-state index in [1.165, 1.54) is 43.5 Å². The van der Waals surface area contributed by atoms with Gasteiger partial charge in [0.2, 0.25) is 0 Å². The summed E-state index contributed by atoms with van der Waals surface area (Å²) < 4.78 is 47.9. The number of fused-ring (bicyclic) bond motifs is 1. The van der Waals surface area contributed by atoms with Crippen molar-refractivity contribution >= 4 is 54.1 Å². The molecule has 164 valence electrons. The van der Waals surface area contributed by atoms with E-state index in [0.717, 1.165) is 0 Å². The van der Waals surface area contributed by atoms with Gasteiger partial charge in [-0.3, -0.25) is 9.52 Å². The molecule has 3 aromatic carbocycles. The molecule has 0 fully saturated rings. The Hall–Kier alpha value is -3.37. The molecule has 7 nitrogen and oxygen atoms in total. The van der Waals surface area contributed by atoms with Crippen LogP contribution >= 0.6 is 15.9 Å². The predicted octanol–water partition coefficient (Wildman–Crippen LogP) is 5.13. The smallest absolute Gasteiger partial charge is 0.274 e. The topological polar surface area (TPSA) is 100 Å². The van der Waals surface area contributed by atoms with Crippen molar-refractivity contribution in [1.29, 1.82) is 0 Å². The highest BCUT2D eigenvalue weighted by Crippen LogP contribution is 2.33. The van der Waals surface area contributed by atoms with Crippen molar-refractivity contribution in [2.45, 2.75) is 4.90 Å². The van der Waals surface area contributed by atoms with Gasteiger partial charge in [-0.05, 0) is 48.5 Å². The number of carbonyl (C=O) groups excluding carboxylic acids is 1. The Morgan fingerprint density at radius 2 is 1.78 bits per heavy atom. The van der Waals surface area contributed by atoms with Gasteiger partial charge in [-0.25, -0.2) is 12.8 Å². The van der Waals surface area contributed by atoms with Crippen LogP contribution in [0.15, 0.2) is 76.1 Å². The minimum absolute atomic E-state index is 0.00747. The van der Waals surface area contributed by atoms with Crippen LogP contribution in [0.4, 0.5) is 15.8 Å². The van der Waals surface area contributed by atoms with Crippen molar-refractivity contribution in [3.63, 3.8) is 0 Å². The highest BCUT2D eigenvalue weighted by Gasteiger charge is 2.26. The maximum absolute atomic E-state index is 13.2. The minimum Gasteiger partial charge on any atom is -0.495 e.